The SMILES string of the molecule is CN(C)C(CNC(=O)c1nc(Cl)ccc1Cl)Cc1ccccc1. The molecule has 0 saturated carbocycles. The summed E-state index contributed by atoms with van der Waals surface area (Å²) < 4.78 is 0. The molecule has 1 aromatic heterocycles. The van der Waals surface area contributed by atoms with Crippen molar-refractivity contribution in [2.45, 2.75) is 12.5 Å². The molecule has 0 aliphatic rings. The van der Waals surface area contributed by atoms with Crippen molar-refractivity contribution in [2.75, 3.05) is 20.6 Å². The van der Waals surface area contributed by atoms with E-state index in [1.807, 2.05) is 32.3 Å². The molecule has 0 radical (unpaired) electrons. The van der Waals surface area contributed by atoms with Crippen LogP contribution in [0.2, 0.25) is 10.2 Å². The van der Waals surface area contributed by atoms with Gasteiger partial charge in [0.2, 0.25) is 0 Å². The monoisotopic (exact) mass is 351 g/mol. The van der Waals surface area contributed by atoms with Gasteiger partial charge in [0.15, 0.2) is 0 Å². The molecule has 2 rings (SSSR count). The first-order chi connectivity index (χ1) is 11.0. The molecule has 0 saturated heterocycles. The number of halogens is 2. The molecular formula is C17H19Cl2N3O. The zero-order chi connectivity index (χ0) is 16.8. The van der Waals surface area contributed by atoms with E-state index in [0.29, 0.717) is 6.54 Å². The molecule has 4 nitrogen and oxygen atoms in total. The van der Waals surface area contributed by atoms with E-state index in [2.05, 4.69) is 27.3 Å². The van der Waals surface area contributed by atoms with Crippen LogP contribution in [0.3, 0.4) is 0 Å². The third kappa shape index (κ3) is 5.20. The van der Waals surface area contributed by atoms with Gasteiger partial charge in [0.25, 0.3) is 5.91 Å². The summed E-state index contributed by atoms with van der Waals surface area (Å²) in [5, 5.41) is 3.41. The number of rotatable bonds is 6. The van der Waals surface area contributed by atoms with E-state index in [9.17, 15) is 4.79 Å². The smallest absolute Gasteiger partial charge is 0.271 e. The summed E-state index contributed by atoms with van der Waals surface area (Å²) in [6.45, 7) is 0.491. The molecular weight excluding hydrogens is 333 g/mol. The van der Waals surface area contributed by atoms with Crippen LogP contribution in [0, 0.1) is 0 Å². The van der Waals surface area contributed by atoms with Crippen molar-refractivity contribution in [2.24, 2.45) is 0 Å². The van der Waals surface area contributed by atoms with Gasteiger partial charge in [-0.05, 0) is 38.2 Å². The van der Waals surface area contributed by atoms with Gasteiger partial charge in [-0.3, -0.25) is 4.79 Å². The van der Waals surface area contributed by atoms with Gasteiger partial charge in [-0.25, -0.2) is 4.98 Å². The Balaban J connectivity index is 2.01. The van der Waals surface area contributed by atoms with Crippen molar-refractivity contribution in [3.63, 3.8) is 0 Å². The molecule has 1 amide bonds. The number of hydrogen-bond acceptors (Lipinski definition) is 3. The van der Waals surface area contributed by atoms with Crippen LogP contribution in [-0.2, 0) is 6.42 Å². The Bertz CT molecular complexity index is 662. The second-order valence-corrected chi connectivity index (χ2v) is 6.28. The zero-order valence-corrected chi connectivity index (χ0v) is 14.6. The van der Waals surface area contributed by atoms with Crippen molar-refractivity contribution >= 4 is 29.1 Å². The number of carbonyl (C=O) groups is 1. The number of aromatic nitrogens is 1. The van der Waals surface area contributed by atoms with E-state index in [1.165, 1.54) is 5.56 Å². The first kappa shape index (κ1) is 17.7. The average Bonchev–Trinajstić information content (AvgIpc) is 2.54. The van der Waals surface area contributed by atoms with Gasteiger partial charge in [0, 0.05) is 12.6 Å². The third-order valence-corrected chi connectivity index (χ3v) is 4.09. The van der Waals surface area contributed by atoms with Crippen LogP contribution < -0.4 is 5.32 Å². The van der Waals surface area contributed by atoms with Gasteiger partial charge >= 0.3 is 0 Å². The molecule has 0 aliphatic carbocycles. The van der Waals surface area contributed by atoms with Crippen LogP contribution in [0.5, 0.6) is 0 Å². The second kappa shape index (κ2) is 8.29. The van der Waals surface area contributed by atoms with E-state index in [1.54, 1.807) is 12.1 Å². The molecule has 2 aromatic rings. The average molecular weight is 352 g/mol. The number of amides is 1. The number of benzene rings is 1. The van der Waals surface area contributed by atoms with Crippen molar-refractivity contribution < 1.29 is 4.79 Å². The van der Waals surface area contributed by atoms with Gasteiger partial charge in [0.1, 0.15) is 10.8 Å². The summed E-state index contributed by atoms with van der Waals surface area (Å²) in [6, 6.07) is 13.5. The minimum atomic E-state index is -0.322. The summed E-state index contributed by atoms with van der Waals surface area (Å²) in [4.78, 5) is 18.3. The van der Waals surface area contributed by atoms with Crippen LogP contribution in [0.1, 0.15) is 16.1 Å². The molecule has 0 aliphatic heterocycles. The first-order valence-corrected chi connectivity index (χ1v) is 8.03. The van der Waals surface area contributed by atoms with Gasteiger partial charge in [-0.15, -0.1) is 0 Å². The molecule has 0 bridgehead atoms. The fourth-order valence-electron chi connectivity index (χ4n) is 2.20. The minimum Gasteiger partial charge on any atom is -0.349 e. The highest BCUT2D eigenvalue weighted by Gasteiger charge is 2.17. The van der Waals surface area contributed by atoms with Crippen molar-refractivity contribution in [1.82, 2.24) is 15.2 Å². The lowest BCUT2D eigenvalue weighted by atomic mass is 10.1. The van der Waals surface area contributed by atoms with Crippen LogP contribution in [-0.4, -0.2) is 42.5 Å². The Labute approximate surface area is 146 Å². The van der Waals surface area contributed by atoms with E-state index in [4.69, 9.17) is 23.2 Å². The Kier molecular flexibility index (Phi) is 6.39. The Morgan fingerprint density at radius 3 is 2.52 bits per heavy atom. The molecule has 6 heteroatoms. The second-order valence-electron chi connectivity index (χ2n) is 5.48. The predicted molar refractivity (Wildman–Crippen MR) is 94.2 cm³/mol. The Morgan fingerprint density at radius 2 is 1.87 bits per heavy atom. The molecule has 122 valence electrons. The highest BCUT2D eigenvalue weighted by Crippen LogP contribution is 2.16. The lowest BCUT2D eigenvalue weighted by Gasteiger charge is -2.24. The normalized spacial score (nSPS) is 12.2. The van der Waals surface area contributed by atoms with Gasteiger partial charge in [-0.2, -0.15) is 0 Å². The number of carbonyl (C=O) groups excluding carboxylic acids is 1. The summed E-state index contributed by atoms with van der Waals surface area (Å²) in [7, 11) is 3.98. The summed E-state index contributed by atoms with van der Waals surface area (Å²) in [6.07, 6.45) is 0.838. The minimum absolute atomic E-state index is 0.149. The lowest BCUT2D eigenvalue weighted by Crippen LogP contribution is -2.41. The molecule has 1 heterocycles. The van der Waals surface area contributed by atoms with E-state index < -0.39 is 0 Å². The summed E-state index contributed by atoms with van der Waals surface area (Å²) in [5.74, 6) is -0.322. The van der Waals surface area contributed by atoms with E-state index >= 15 is 0 Å². The quantitative estimate of drug-likeness (QED) is 0.812. The van der Waals surface area contributed by atoms with Gasteiger partial charge in [-0.1, -0.05) is 53.5 Å². The molecule has 1 aromatic carbocycles. The first-order valence-electron chi connectivity index (χ1n) is 7.28. The molecule has 0 spiro atoms. The van der Waals surface area contributed by atoms with Crippen molar-refractivity contribution in [3.05, 3.63) is 63.9 Å². The van der Waals surface area contributed by atoms with Crippen molar-refractivity contribution in [1.29, 1.82) is 0 Å². The van der Waals surface area contributed by atoms with Crippen LogP contribution >= 0.6 is 23.2 Å². The highest BCUT2D eigenvalue weighted by atomic mass is 35.5. The van der Waals surface area contributed by atoms with Crippen LogP contribution in [0.4, 0.5) is 0 Å². The molecule has 0 fully saturated rings. The fraction of sp³-hybridized carbons (Fsp3) is 0.294. The topological polar surface area (TPSA) is 45.2 Å². The van der Waals surface area contributed by atoms with Gasteiger partial charge in [0.05, 0.1) is 5.02 Å². The number of hydrogen-bond donors (Lipinski definition) is 1. The van der Waals surface area contributed by atoms with Crippen molar-refractivity contribution in [3.8, 4) is 0 Å². The Hall–Kier alpha value is -1.62. The molecule has 1 atom stereocenters. The molecule has 23 heavy (non-hydrogen) atoms. The predicted octanol–water partition coefficient (Wildman–Crippen LogP) is 3.29. The molecule has 1 unspecified atom stereocenters. The van der Waals surface area contributed by atoms with E-state index in [-0.39, 0.29) is 27.8 Å². The third-order valence-electron chi connectivity index (χ3n) is 3.57. The van der Waals surface area contributed by atoms with Crippen LogP contribution in [0.25, 0.3) is 0 Å². The molecule has 1 N–H and O–H groups in total. The maximum atomic E-state index is 12.3. The van der Waals surface area contributed by atoms with Crippen LogP contribution in [0.15, 0.2) is 42.5 Å². The van der Waals surface area contributed by atoms with E-state index in [0.717, 1.165) is 6.42 Å². The fourth-order valence-corrected chi connectivity index (χ4v) is 2.53. The zero-order valence-electron chi connectivity index (χ0n) is 13.1. The maximum Gasteiger partial charge on any atom is 0.271 e. The highest BCUT2D eigenvalue weighted by molar-refractivity contribution is 6.34. The lowest BCUT2D eigenvalue weighted by molar-refractivity contribution is 0.0937. The number of pyridine rings is 1. The Morgan fingerprint density at radius 1 is 1.17 bits per heavy atom. The largest absolute Gasteiger partial charge is 0.349 e. The summed E-state index contributed by atoms with van der Waals surface area (Å²) in [5.41, 5.74) is 1.37. The number of likely N-dealkylation sites (N-methyl/N-ethyl adjacent to an activating group) is 1. The number of nitrogens with one attached hydrogen (secondary N) is 1. The maximum absolute atomic E-state index is 12.3. The number of nitrogens with zero attached hydrogens (tertiary/aromatic N) is 2. The summed E-state index contributed by atoms with van der Waals surface area (Å²) >= 11 is 11.8. The standard InChI is InChI=1S/C17H19Cl2N3O/c1-22(2)13(10-12-6-4-3-5-7-12)11-20-17(23)16-14(18)8-9-15(19)21-16/h3-9,13H,10-11H2,1-2H3,(H,20,23). The van der Waals surface area contributed by atoms with Gasteiger partial charge < -0.3 is 10.2 Å².